The van der Waals surface area contributed by atoms with E-state index in [-0.39, 0.29) is 10.6 Å². The van der Waals surface area contributed by atoms with Crippen molar-refractivity contribution in [2.45, 2.75) is 4.90 Å². The molecular formula is C22H24N4O6S. The van der Waals surface area contributed by atoms with E-state index in [2.05, 4.69) is 15.5 Å². The lowest BCUT2D eigenvalue weighted by Gasteiger charge is -2.26. The normalized spacial score (nSPS) is 14.6. The van der Waals surface area contributed by atoms with Crippen LogP contribution in [0.5, 0.6) is 11.5 Å². The number of methoxy groups -OCH3 is 2. The number of nitrogens with one attached hydrogen (secondary N) is 2. The Morgan fingerprint density at radius 1 is 1.06 bits per heavy atom. The summed E-state index contributed by atoms with van der Waals surface area (Å²) >= 11 is 0. The third kappa shape index (κ3) is 4.85. The SMILES string of the molecule is COc1ccc(-c2cc(C(=O)Nc3ccc(S(=O)(=O)N4CCOCC4)cc3)[nH]n2)c(OC)c1. The lowest BCUT2D eigenvalue weighted by Crippen LogP contribution is -2.40. The second kappa shape index (κ2) is 9.61. The van der Waals surface area contributed by atoms with Crippen LogP contribution in [0.4, 0.5) is 5.69 Å². The Morgan fingerprint density at radius 3 is 2.45 bits per heavy atom. The molecule has 174 valence electrons. The van der Waals surface area contributed by atoms with E-state index < -0.39 is 15.9 Å². The minimum atomic E-state index is -3.59. The van der Waals surface area contributed by atoms with Crippen molar-refractivity contribution in [3.63, 3.8) is 0 Å². The van der Waals surface area contributed by atoms with Crippen LogP contribution in [0.1, 0.15) is 10.5 Å². The van der Waals surface area contributed by atoms with Gasteiger partial charge < -0.3 is 19.5 Å². The van der Waals surface area contributed by atoms with Crippen molar-refractivity contribution in [2.75, 3.05) is 45.8 Å². The molecule has 33 heavy (non-hydrogen) atoms. The zero-order valence-corrected chi connectivity index (χ0v) is 19.0. The number of ether oxygens (including phenoxy) is 3. The zero-order valence-electron chi connectivity index (χ0n) is 18.2. The first-order chi connectivity index (χ1) is 15.9. The summed E-state index contributed by atoms with van der Waals surface area (Å²) in [4.78, 5) is 12.8. The largest absolute Gasteiger partial charge is 0.497 e. The van der Waals surface area contributed by atoms with Gasteiger partial charge in [0.05, 0.1) is 38.0 Å². The number of benzene rings is 2. The molecule has 10 nitrogen and oxygen atoms in total. The van der Waals surface area contributed by atoms with Gasteiger partial charge >= 0.3 is 0 Å². The molecule has 1 aliphatic rings. The summed E-state index contributed by atoms with van der Waals surface area (Å²) in [6.45, 7) is 1.40. The maximum absolute atomic E-state index is 12.7. The maximum Gasteiger partial charge on any atom is 0.273 e. The van der Waals surface area contributed by atoms with Crippen LogP contribution in [-0.2, 0) is 14.8 Å². The first kappa shape index (κ1) is 22.8. The number of hydrogen-bond acceptors (Lipinski definition) is 7. The Labute approximate surface area is 191 Å². The fourth-order valence-electron chi connectivity index (χ4n) is 3.43. The van der Waals surface area contributed by atoms with Gasteiger partial charge in [-0.05, 0) is 42.5 Å². The quantitative estimate of drug-likeness (QED) is 0.541. The zero-order chi connectivity index (χ0) is 23.4. The van der Waals surface area contributed by atoms with E-state index >= 15 is 0 Å². The van der Waals surface area contributed by atoms with E-state index in [1.54, 1.807) is 50.6 Å². The predicted octanol–water partition coefficient (Wildman–Crippen LogP) is 2.37. The van der Waals surface area contributed by atoms with Crippen LogP contribution in [0.2, 0.25) is 0 Å². The molecule has 11 heteroatoms. The second-order valence-corrected chi connectivity index (χ2v) is 9.17. The van der Waals surface area contributed by atoms with Gasteiger partial charge in [-0.25, -0.2) is 8.42 Å². The van der Waals surface area contributed by atoms with Crippen molar-refractivity contribution < 1.29 is 27.4 Å². The number of anilines is 1. The predicted molar refractivity (Wildman–Crippen MR) is 121 cm³/mol. The molecule has 4 rings (SSSR count). The van der Waals surface area contributed by atoms with Crippen molar-refractivity contribution in [1.29, 1.82) is 0 Å². The van der Waals surface area contributed by atoms with Crippen molar-refractivity contribution in [1.82, 2.24) is 14.5 Å². The molecule has 2 heterocycles. The molecule has 2 N–H and O–H groups in total. The summed E-state index contributed by atoms with van der Waals surface area (Å²) in [5.74, 6) is 0.790. The average molecular weight is 473 g/mol. The van der Waals surface area contributed by atoms with Gasteiger partial charge in [0.15, 0.2) is 0 Å². The molecule has 0 saturated carbocycles. The second-order valence-electron chi connectivity index (χ2n) is 7.23. The highest BCUT2D eigenvalue weighted by Crippen LogP contribution is 2.32. The van der Waals surface area contributed by atoms with Crippen LogP contribution < -0.4 is 14.8 Å². The Balaban J connectivity index is 1.47. The average Bonchev–Trinajstić information content (AvgIpc) is 3.35. The van der Waals surface area contributed by atoms with Gasteiger partial charge in [-0.3, -0.25) is 9.89 Å². The number of H-pyrrole nitrogens is 1. The van der Waals surface area contributed by atoms with E-state index in [1.807, 2.05) is 0 Å². The van der Waals surface area contributed by atoms with Crippen molar-refractivity contribution in [3.05, 3.63) is 54.2 Å². The Morgan fingerprint density at radius 2 is 1.79 bits per heavy atom. The van der Waals surface area contributed by atoms with Crippen LogP contribution >= 0.6 is 0 Å². The van der Waals surface area contributed by atoms with E-state index in [9.17, 15) is 13.2 Å². The van der Waals surface area contributed by atoms with Gasteiger partial charge in [0.1, 0.15) is 17.2 Å². The standard InChI is InChI=1S/C22H24N4O6S/c1-30-16-5-8-18(21(13-16)31-2)19-14-20(25-24-19)22(27)23-15-3-6-17(7-4-15)33(28,29)26-9-11-32-12-10-26/h3-8,13-14H,9-12H2,1-2H3,(H,23,27)(H,24,25). The smallest absolute Gasteiger partial charge is 0.273 e. The molecule has 1 fully saturated rings. The van der Waals surface area contributed by atoms with Crippen LogP contribution in [0.3, 0.4) is 0 Å². The number of carbonyl (C=O) groups excluding carboxylic acids is 1. The molecule has 0 unspecified atom stereocenters. The first-order valence-electron chi connectivity index (χ1n) is 10.2. The number of amides is 1. The lowest BCUT2D eigenvalue weighted by molar-refractivity contribution is 0.0730. The highest BCUT2D eigenvalue weighted by atomic mass is 32.2. The molecule has 1 saturated heterocycles. The molecule has 1 amide bonds. The van der Waals surface area contributed by atoms with Crippen molar-refractivity contribution in [2.24, 2.45) is 0 Å². The number of nitrogens with zero attached hydrogens (tertiary/aromatic N) is 2. The van der Waals surface area contributed by atoms with E-state index in [4.69, 9.17) is 14.2 Å². The van der Waals surface area contributed by atoms with Gasteiger partial charge in [-0.2, -0.15) is 9.40 Å². The number of aromatic nitrogens is 2. The van der Waals surface area contributed by atoms with E-state index in [0.29, 0.717) is 54.7 Å². The van der Waals surface area contributed by atoms with Crippen LogP contribution in [0.15, 0.2) is 53.4 Å². The van der Waals surface area contributed by atoms with Gasteiger partial charge in [-0.15, -0.1) is 0 Å². The van der Waals surface area contributed by atoms with Gasteiger partial charge in [-0.1, -0.05) is 0 Å². The Bertz CT molecular complexity index is 1230. The van der Waals surface area contributed by atoms with Crippen LogP contribution in [0.25, 0.3) is 11.3 Å². The number of carbonyl (C=O) groups is 1. The minimum absolute atomic E-state index is 0.165. The Hall–Kier alpha value is -3.41. The van der Waals surface area contributed by atoms with Gasteiger partial charge in [0, 0.05) is 30.4 Å². The molecule has 0 spiro atoms. The molecule has 1 aromatic heterocycles. The summed E-state index contributed by atoms with van der Waals surface area (Å²) in [7, 11) is -0.486. The fourth-order valence-corrected chi connectivity index (χ4v) is 4.84. The van der Waals surface area contributed by atoms with Crippen LogP contribution in [-0.4, -0.2) is 69.4 Å². The fraction of sp³-hybridized carbons (Fsp3) is 0.273. The number of sulfonamides is 1. The Kier molecular flexibility index (Phi) is 6.63. The summed E-state index contributed by atoms with van der Waals surface area (Å²) in [6.07, 6.45) is 0. The highest BCUT2D eigenvalue weighted by molar-refractivity contribution is 7.89. The van der Waals surface area contributed by atoms with Gasteiger partial charge in [0.25, 0.3) is 5.91 Å². The topological polar surface area (TPSA) is 123 Å². The maximum atomic E-state index is 12.7. The molecule has 0 radical (unpaired) electrons. The van der Waals surface area contributed by atoms with Crippen molar-refractivity contribution >= 4 is 21.6 Å². The molecule has 1 aliphatic heterocycles. The number of aromatic amines is 1. The minimum Gasteiger partial charge on any atom is -0.497 e. The number of hydrogen-bond donors (Lipinski definition) is 2. The molecule has 0 atom stereocenters. The van der Waals surface area contributed by atoms with Crippen molar-refractivity contribution in [3.8, 4) is 22.8 Å². The van der Waals surface area contributed by atoms with E-state index in [1.165, 1.54) is 16.4 Å². The molecule has 0 bridgehead atoms. The molecule has 3 aromatic rings. The number of morpholine rings is 1. The van der Waals surface area contributed by atoms with Crippen LogP contribution in [0, 0.1) is 0 Å². The van der Waals surface area contributed by atoms with E-state index in [0.717, 1.165) is 0 Å². The van der Waals surface area contributed by atoms with Gasteiger partial charge in [0.2, 0.25) is 10.0 Å². The first-order valence-corrected chi connectivity index (χ1v) is 11.6. The third-order valence-corrected chi connectivity index (χ3v) is 7.14. The molecule has 0 aliphatic carbocycles. The highest BCUT2D eigenvalue weighted by Gasteiger charge is 2.26. The molecule has 2 aromatic carbocycles. The summed E-state index contributed by atoms with van der Waals surface area (Å²) in [5.41, 5.74) is 1.94. The molecular weight excluding hydrogens is 448 g/mol. The summed E-state index contributed by atoms with van der Waals surface area (Å²) < 4.78 is 42.7. The lowest BCUT2D eigenvalue weighted by atomic mass is 10.1. The number of rotatable bonds is 7. The monoisotopic (exact) mass is 472 g/mol. The summed E-state index contributed by atoms with van der Waals surface area (Å²) in [5, 5.41) is 9.67. The summed E-state index contributed by atoms with van der Waals surface area (Å²) in [6, 6.07) is 13.0. The third-order valence-electron chi connectivity index (χ3n) is 5.23.